The molecule has 0 radical (unpaired) electrons. The lowest BCUT2D eigenvalue weighted by Crippen LogP contribution is -2.23. The predicted molar refractivity (Wildman–Crippen MR) is 51.6 cm³/mol. The van der Waals surface area contributed by atoms with E-state index in [4.69, 9.17) is 23.2 Å². The first-order valence-electron chi connectivity index (χ1n) is 3.50. The zero-order valence-electron chi connectivity index (χ0n) is 6.83. The number of alkyl halides is 3. The maximum absolute atomic E-state index is 13.1. The third kappa shape index (κ3) is 2.56. The lowest BCUT2D eigenvalue weighted by atomic mass is 10.1. The highest BCUT2D eigenvalue weighted by atomic mass is 35.5. The number of hydrogen-bond donors (Lipinski definition) is 0. The molecule has 1 rings (SSSR count). The Morgan fingerprint density at radius 1 is 1.27 bits per heavy atom. The van der Waals surface area contributed by atoms with Gasteiger partial charge >= 0.3 is 5.38 Å². The van der Waals surface area contributed by atoms with Gasteiger partial charge in [-0.25, -0.2) is 4.39 Å². The fraction of sp³-hybridized carbons (Fsp3) is 0.125. The van der Waals surface area contributed by atoms with Crippen molar-refractivity contribution < 1.29 is 18.0 Å². The van der Waals surface area contributed by atoms with Crippen LogP contribution in [0.5, 0.6) is 0 Å². The quantitative estimate of drug-likeness (QED) is 0.451. The van der Waals surface area contributed by atoms with E-state index < -0.39 is 27.6 Å². The van der Waals surface area contributed by atoms with E-state index in [1.165, 1.54) is 0 Å². The highest BCUT2D eigenvalue weighted by molar-refractivity contribution is 6.45. The molecule has 0 aromatic heterocycles. The second-order valence-electron chi connectivity index (χ2n) is 2.55. The number of ketones is 1. The Morgan fingerprint density at radius 3 is 2.27 bits per heavy atom. The van der Waals surface area contributed by atoms with Gasteiger partial charge in [0.2, 0.25) is 0 Å². The molecule has 0 aliphatic rings. The number of benzene rings is 1. The monoisotopic (exact) mass is 276 g/mol. The first-order valence-corrected chi connectivity index (χ1v) is 4.63. The first-order chi connectivity index (χ1) is 6.75. The van der Waals surface area contributed by atoms with E-state index in [9.17, 15) is 18.0 Å². The average molecular weight is 277 g/mol. The number of hydrogen-bond acceptors (Lipinski definition) is 1. The second kappa shape index (κ2) is 4.20. The molecule has 1 aromatic carbocycles. The molecular formula is C8H2Cl3F3O. The van der Waals surface area contributed by atoms with Crippen molar-refractivity contribution in [2.45, 2.75) is 5.38 Å². The molecule has 0 fully saturated rings. The molecule has 0 saturated carbocycles. The van der Waals surface area contributed by atoms with Crippen molar-refractivity contribution in [1.82, 2.24) is 0 Å². The van der Waals surface area contributed by atoms with Crippen LogP contribution in [0.1, 0.15) is 10.4 Å². The molecule has 0 N–H and O–H groups in total. The van der Waals surface area contributed by atoms with Crippen molar-refractivity contribution in [3.63, 3.8) is 0 Å². The largest absolute Gasteiger partial charge is 0.385 e. The minimum atomic E-state index is -4.21. The smallest absolute Gasteiger partial charge is 0.286 e. The van der Waals surface area contributed by atoms with Crippen LogP contribution in [0, 0.1) is 5.82 Å². The molecule has 0 amide bonds. The summed E-state index contributed by atoms with van der Waals surface area (Å²) < 4.78 is 37.9. The molecule has 0 unspecified atom stereocenters. The number of carbonyl (C=O) groups excluding carboxylic acids is 1. The van der Waals surface area contributed by atoms with Crippen LogP contribution in [0.3, 0.4) is 0 Å². The average Bonchev–Trinajstić information content (AvgIpc) is 2.10. The van der Waals surface area contributed by atoms with Gasteiger partial charge in [0.05, 0.1) is 15.6 Å². The fourth-order valence-corrected chi connectivity index (χ4v) is 1.37. The van der Waals surface area contributed by atoms with Crippen molar-refractivity contribution in [2.24, 2.45) is 0 Å². The molecule has 0 aliphatic heterocycles. The molecule has 0 aliphatic carbocycles. The summed E-state index contributed by atoms with van der Waals surface area (Å²) in [6.45, 7) is 0. The van der Waals surface area contributed by atoms with Gasteiger partial charge in [0.15, 0.2) is 0 Å². The zero-order chi connectivity index (χ0) is 11.8. The van der Waals surface area contributed by atoms with E-state index >= 15 is 0 Å². The molecule has 15 heavy (non-hydrogen) atoms. The summed E-state index contributed by atoms with van der Waals surface area (Å²) >= 11 is 15.3. The fourth-order valence-electron chi connectivity index (χ4n) is 0.877. The number of Topliss-reactive ketones (excluding diaryl/α,β-unsaturated/α-hetero) is 1. The summed E-state index contributed by atoms with van der Waals surface area (Å²) in [7, 11) is 0. The van der Waals surface area contributed by atoms with Gasteiger partial charge < -0.3 is 0 Å². The summed E-state index contributed by atoms with van der Waals surface area (Å²) in [6, 6.07) is 1.80. The SMILES string of the molecule is O=C(c1c(F)ccc(Cl)c1Cl)C(F)(F)Cl. The molecule has 82 valence electrons. The van der Waals surface area contributed by atoms with Gasteiger partial charge in [-0.1, -0.05) is 23.2 Å². The van der Waals surface area contributed by atoms with E-state index in [0.29, 0.717) is 0 Å². The van der Waals surface area contributed by atoms with Gasteiger partial charge in [-0.3, -0.25) is 4.79 Å². The van der Waals surface area contributed by atoms with E-state index in [-0.39, 0.29) is 5.02 Å². The third-order valence-electron chi connectivity index (χ3n) is 1.53. The maximum atomic E-state index is 13.1. The Bertz CT molecular complexity index is 414. The van der Waals surface area contributed by atoms with Crippen LogP contribution in [0.15, 0.2) is 12.1 Å². The molecule has 0 heterocycles. The van der Waals surface area contributed by atoms with Crippen LogP contribution in [0.2, 0.25) is 10.0 Å². The van der Waals surface area contributed by atoms with Gasteiger partial charge in [-0.05, 0) is 23.7 Å². The van der Waals surface area contributed by atoms with E-state index in [0.717, 1.165) is 12.1 Å². The number of halogens is 6. The van der Waals surface area contributed by atoms with Crippen LogP contribution in [0.25, 0.3) is 0 Å². The molecule has 0 atom stereocenters. The molecule has 1 nitrogen and oxygen atoms in total. The minimum Gasteiger partial charge on any atom is -0.286 e. The Labute approximate surface area is 97.7 Å². The third-order valence-corrected chi connectivity index (χ3v) is 2.50. The molecule has 7 heteroatoms. The van der Waals surface area contributed by atoms with Gasteiger partial charge in [-0.15, -0.1) is 0 Å². The normalized spacial score (nSPS) is 11.6. The molecule has 0 spiro atoms. The number of rotatable bonds is 2. The van der Waals surface area contributed by atoms with Crippen LogP contribution in [0.4, 0.5) is 13.2 Å². The van der Waals surface area contributed by atoms with Crippen molar-refractivity contribution >= 4 is 40.6 Å². The molecule has 1 aromatic rings. The molecule has 0 bridgehead atoms. The van der Waals surface area contributed by atoms with Crippen molar-refractivity contribution in [3.8, 4) is 0 Å². The predicted octanol–water partition coefficient (Wildman–Crippen LogP) is 4.15. The van der Waals surface area contributed by atoms with E-state index in [1.54, 1.807) is 0 Å². The van der Waals surface area contributed by atoms with Gasteiger partial charge in [0, 0.05) is 0 Å². The van der Waals surface area contributed by atoms with Crippen LogP contribution in [-0.2, 0) is 0 Å². The van der Waals surface area contributed by atoms with Gasteiger partial charge in [0.1, 0.15) is 5.82 Å². The highest BCUT2D eigenvalue weighted by Crippen LogP contribution is 2.33. The Kier molecular flexibility index (Phi) is 3.53. The minimum absolute atomic E-state index is 0.206. The topological polar surface area (TPSA) is 17.1 Å². The lowest BCUT2D eigenvalue weighted by molar-refractivity contribution is 0.0531. The van der Waals surface area contributed by atoms with E-state index in [1.807, 2.05) is 0 Å². The zero-order valence-corrected chi connectivity index (χ0v) is 9.10. The Morgan fingerprint density at radius 2 is 1.80 bits per heavy atom. The molecular weight excluding hydrogens is 275 g/mol. The van der Waals surface area contributed by atoms with E-state index in [2.05, 4.69) is 11.6 Å². The summed E-state index contributed by atoms with van der Waals surface area (Å²) in [4.78, 5) is 11.0. The summed E-state index contributed by atoms with van der Waals surface area (Å²) in [5, 5.41) is -5.00. The lowest BCUT2D eigenvalue weighted by Gasteiger charge is -2.09. The van der Waals surface area contributed by atoms with Crippen LogP contribution < -0.4 is 0 Å². The number of carbonyl (C=O) groups is 1. The Balaban J connectivity index is 3.38. The summed E-state index contributed by atoms with van der Waals surface area (Å²) in [5.41, 5.74) is -1.01. The van der Waals surface area contributed by atoms with Gasteiger partial charge in [-0.2, -0.15) is 8.78 Å². The van der Waals surface area contributed by atoms with Crippen LogP contribution in [-0.4, -0.2) is 11.2 Å². The summed E-state index contributed by atoms with van der Waals surface area (Å²) in [6.07, 6.45) is 0. The summed E-state index contributed by atoms with van der Waals surface area (Å²) in [5.74, 6) is -3.12. The Hall–Kier alpha value is -0.450. The van der Waals surface area contributed by atoms with Crippen molar-refractivity contribution in [2.75, 3.05) is 0 Å². The van der Waals surface area contributed by atoms with Gasteiger partial charge in [0.25, 0.3) is 5.78 Å². The van der Waals surface area contributed by atoms with Crippen LogP contribution >= 0.6 is 34.8 Å². The highest BCUT2D eigenvalue weighted by Gasteiger charge is 2.39. The molecule has 0 saturated heterocycles. The van der Waals surface area contributed by atoms with Crippen molar-refractivity contribution in [3.05, 3.63) is 33.6 Å². The maximum Gasteiger partial charge on any atom is 0.385 e. The van der Waals surface area contributed by atoms with Crippen molar-refractivity contribution in [1.29, 1.82) is 0 Å². The second-order valence-corrected chi connectivity index (χ2v) is 3.80. The standard InChI is InChI=1S/C8H2Cl3F3O/c9-3-1-2-4(12)5(6(3)10)7(15)8(11,13)14/h1-2H. The first kappa shape index (κ1) is 12.6.